The highest BCUT2D eigenvalue weighted by atomic mass is 35.5. The number of hydrogen-bond donors (Lipinski definition) is 7. The Morgan fingerprint density at radius 2 is 1.68 bits per heavy atom. The summed E-state index contributed by atoms with van der Waals surface area (Å²) in [5.41, 5.74) is 4.56. The standard InChI is InChI=1S/C16H15N5O6.ClH/c17-16(20-18)21(19)14-11(26)4-9(24)13-10(25)5-12(27-15(13)14)6-1-2-7(22)8(23)3-6;/h1-5,22-24,26H,18-19H2,(H2,17,20);1H. The van der Waals surface area contributed by atoms with Gasteiger partial charge in [0.05, 0.1) is 0 Å². The van der Waals surface area contributed by atoms with Crippen LogP contribution >= 0.6 is 12.4 Å². The largest absolute Gasteiger partial charge is 0.507 e. The summed E-state index contributed by atoms with van der Waals surface area (Å²) in [7, 11) is 0. The van der Waals surface area contributed by atoms with Crippen LogP contribution < -0.4 is 27.9 Å². The zero-order valence-electron chi connectivity index (χ0n) is 14.0. The van der Waals surface area contributed by atoms with Crippen LogP contribution in [0.1, 0.15) is 0 Å². The molecular formula is C16H16ClN5O6. The molecule has 0 spiro atoms. The maximum Gasteiger partial charge on any atom is 0.232 e. The Morgan fingerprint density at radius 1 is 1.00 bits per heavy atom. The van der Waals surface area contributed by atoms with Crippen LogP contribution in [0.5, 0.6) is 23.0 Å². The lowest BCUT2D eigenvalue weighted by Gasteiger charge is -2.19. The maximum absolute atomic E-state index is 12.5. The molecule has 3 rings (SSSR count). The lowest BCUT2D eigenvalue weighted by Crippen LogP contribution is -2.43. The topological polar surface area (TPSA) is 205 Å². The second-order valence-corrected chi connectivity index (χ2v) is 5.50. The highest BCUT2D eigenvalue weighted by Gasteiger charge is 2.23. The first-order chi connectivity index (χ1) is 12.7. The summed E-state index contributed by atoms with van der Waals surface area (Å²) >= 11 is 0. The molecule has 0 radical (unpaired) electrons. The minimum Gasteiger partial charge on any atom is -0.507 e. The molecule has 11 nitrogen and oxygen atoms in total. The molecule has 0 unspecified atom stereocenters. The molecule has 12 heteroatoms. The first-order valence-corrected chi connectivity index (χ1v) is 7.38. The van der Waals surface area contributed by atoms with Gasteiger partial charge in [-0.2, -0.15) is 0 Å². The molecule has 3 aromatic rings. The van der Waals surface area contributed by atoms with E-state index in [4.69, 9.17) is 21.8 Å². The highest BCUT2D eigenvalue weighted by molar-refractivity contribution is 6.05. The number of aromatic hydroxyl groups is 4. The van der Waals surface area contributed by atoms with Gasteiger partial charge in [0.15, 0.2) is 22.5 Å². The number of anilines is 1. The molecule has 1 aromatic heterocycles. The number of hydrogen-bond acceptors (Lipinski definition) is 9. The lowest BCUT2D eigenvalue weighted by molar-refractivity contribution is 0.404. The third kappa shape index (κ3) is 3.26. The highest BCUT2D eigenvalue weighted by Crippen LogP contribution is 2.40. The van der Waals surface area contributed by atoms with Gasteiger partial charge in [0.2, 0.25) is 5.96 Å². The number of nitrogens with zero attached hydrogens (tertiary/aromatic N) is 2. The Labute approximate surface area is 162 Å². The third-order valence-electron chi connectivity index (χ3n) is 3.81. The van der Waals surface area contributed by atoms with E-state index >= 15 is 0 Å². The summed E-state index contributed by atoms with van der Waals surface area (Å²) in [5.74, 6) is 8.51. The van der Waals surface area contributed by atoms with Crippen molar-refractivity contribution in [3.63, 3.8) is 0 Å². The van der Waals surface area contributed by atoms with Gasteiger partial charge in [-0.1, -0.05) is 0 Å². The second kappa shape index (κ2) is 7.42. The van der Waals surface area contributed by atoms with E-state index < -0.39 is 28.6 Å². The number of hydrazone groups is 1. The van der Waals surface area contributed by atoms with Crippen LogP contribution in [0, 0.1) is 0 Å². The SMILES string of the molecule is Cl.NN=C(N)N(N)c1c(O)cc(O)c2c(=O)cc(-c3ccc(O)c(O)c3)oc12. The van der Waals surface area contributed by atoms with Crippen molar-refractivity contribution in [2.75, 3.05) is 5.01 Å². The molecule has 10 N–H and O–H groups in total. The van der Waals surface area contributed by atoms with E-state index in [-0.39, 0.29) is 46.1 Å². The molecule has 0 bridgehead atoms. The van der Waals surface area contributed by atoms with Gasteiger partial charge >= 0.3 is 0 Å². The Balaban J connectivity index is 0.00000280. The molecule has 2 aromatic carbocycles. The van der Waals surface area contributed by atoms with Crippen molar-refractivity contribution in [1.29, 1.82) is 0 Å². The summed E-state index contributed by atoms with van der Waals surface area (Å²) in [6, 6.07) is 5.71. The molecule has 0 amide bonds. The monoisotopic (exact) mass is 409 g/mol. The van der Waals surface area contributed by atoms with Crippen molar-refractivity contribution in [3.8, 4) is 34.3 Å². The number of fused-ring (bicyclic) bond motifs is 1. The molecule has 0 aliphatic carbocycles. The van der Waals surface area contributed by atoms with Gasteiger partial charge in [0.25, 0.3) is 0 Å². The molecule has 1 heterocycles. The molecule has 148 valence electrons. The molecule has 0 aliphatic heterocycles. The molecular weight excluding hydrogens is 394 g/mol. The number of rotatable bonds is 2. The van der Waals surface area contributed by atoms with Crippen molar-refractivity contribution in [1.82, 2.24) is 0 Å². The first-order valence-electron chi connectivity index (χ1n) is 7.38. The second-order valence-electron chi connectivity index (χ2n) is 5.50. The third-order valence-corrected chi connectivity index (χ3v) is 3.81. The van der Waals surface area contributed by atoms with Gasteiger partial charge in [-0.3, -0.25) is 4.79 Å². The zero-order chi connectivity index (χ0) is 19.9. The van der Waals surface area contributed by atoms with Gasteiger partial charge in [-0.25, -0.2) is 10.9 Å². The Bertz CT molecular complexity index is 1150. The van der Waals surface area contributed by atoms with Crippen LogP contribution in [0.2, 0.25) is 0 Å². The summed E-state index contributed by atoms with van der Waals surface area (Å²) in [6.45, 7) is 0. The van der Waals surface area contributed by atoms with E-state index in [0.29, 0.717) is 5.01 Å². The number of guanidine groups is 1. The van der Waals surface area contributed by atoms with Gasteiger partial charge in [-0.15, -0.1) is 17.5 Å². The Kier molecular flexibility index (Phi) is 5.43. The minimum absolute atomic E-state index is 0. The predicted molar refractivity (Wildman–Crippen MR) is 104 cm³/mol. The average Bonchev–Trinajstić information content (AvgIpc) is 2.62. The van der Waals surface area contributed by atoms with Crippen molar-refractivity contribution in [3.05, 3.63) is 40.6 Å². The quantitative estimate of drug-likeness (QED) is 0.103. The minimum atomic E-state index is -0.658. The van der Waals surface area contributed by atoms with Gasteiger partial charge in [-0.05, 0) is 18.2 Å². The number of hydrazine groups is 1. The number of benzene rings is 2. The number of halogens is 1. The normalized spacial score (nSPS) is 11.2. The van der Waals surface area contributed by atoms with Gasteiger partial charge in [0.1, 0.15) is 28.3 Å². The van der Waals surface area contributed by atoms with Crippen LogP contribution in [0.25, 0.3) is 22.3 Å². The summed E-state index contributed by atoms with van der Waals surface area (Å²) in [4.78, 5) is 12.5. The lowest BCUT2D eigenvalue weighted by atomic mass is 10.1. The van der Waals surface area contributed by atoms with Crippen molar-refractivity contribution in [2.24, 2.45) is 22.5 Å². The van der Waals surface area contributed by atoms with Crippen LogP contribution in [0.3, 0.4) is 0 Å². The van der Waals surface area contributed by atoms with Gasteiger partial charge in [0, 0.05) is 17.7 Å². The van der Waals surface area contributed by atoms with E-state index in [1.165, 1.54) is 12.1 Å². The summed E-state index contributed by atoms with van der Waals surface area (Å²) in [6.07, 6.45) is 0. The predicted octanol–water partition coefficient (Wildman–Crippen LogP) is 0.573. The fourth-order valence-electron chi connectivity index (χ4n) is 2.52. The van der Waals surface area contributed by atoms with Gasteiger partial charge < -0.3 is 36.4 Å². The number of nitrogens with two attached hydrogens (primary N) is 3. The molecule has 0 saturated carbocycles. The van der Waals surface area contributed by atoms with Crippen LogP contribution in [-0.2, 0) is 0 Å². The number of phenols is 4. The smallest absolute Gasteiger partial charge is 0.232 e. The summed E-state index contributed by atoms with van der Waals surface area (Å²) < 4.78 is 5.65. The van der Waals surface area contributed by atoms with E-state index in [1.807, 2.05) is 0 Å². The molecule has 0 saturated heterocycles. The van der Waals surface area contributed by atoms with E-state index in [1.54, 1.807) is 0 Å². The fourth-order valence-corrected chi connectivity index (χ4v) is 2.52. The molecule has 28 heavy (non-hydrogen) atoms. The zero-order valence-corrected chi connectivity index (χ0v) is 14.8. The van der Waals surface area contributed by atoms with Crippen LogP contribution in [-0.4, -0.2) is 26.4 Å². The summed E-state index contributed by atoms with van der Waals surface area (Å²) in [5, 5.41) is 42.9. The molecule has 0 atom stereocenters. The maximum atomic E-state index is 12.5. The van der Waals surface area contributed by atoms with E-state index in [2.05, 4.69) is 5.10 Å². The molecule has 0 aliphatic rings. The Morgan fingerprint density at radius 3 is 2.29 bits per heavy atom. The van der Waals surface area contributed by atoms with Crippen LogP contribution in [0.15, 0.2) is 44.6 Å². The van der Waals surface area contributed by atoms with Crippen molar-refractivity contribution < 1.29 is 24.8 Å². The van der Waals surface area contributed by atoms with E-state index in [0.717, 1.165) is 18.2 Å². The molecule has 0 fully saturated rings. The van der Waals surface area contributed by atoms with E-state index in [9.17, 15) is 25.2 Å². The van der Waals surface area contributed by atoms with Crippen molar-refractivity contribution >= 4 is 35.0 Å². The van der Waals surface area contributed by atoms with Crippen LogP contribution in [0.4, 0.5) is 5.69 Å². The first kappa shape index (κ1) is 20.5. The fraction of sp³-hybridized carbons (Fsp3) is 0. The van der Waals surface area contributed by atoms with Crippen molar-refractivity contribution in [2.45, 2.75) is 0 Å². The average molecular weight is 410 g/mol. The number of phenolic OH excluding ortho intramolecular Hbond substituents is 4. The Hall–Kier alpha value is -3.83.